The van der Waals surface area contributed by atoms with Gasteiger partial charge in [0.1, 0.15) is 10.7 Å². The van der Waals surface area contributed by atoms with Crippen molar-refractivity contribution >= 4 is 17.2 Å². The summed E-state index contributed by atoms with van der Waals surface area (Å²) in [6.45, 7) is 7.35. The van der Waals surface area contributed by atoms with Gasteiger partial charge in [0.2, 0.25) is 0 Å². The van der Waals surface area contributed by atoms with Crippen molar-refractivity contribution in [1.29, 1.82) is 0 Å². The molecule has 0 aliphatic heterocycles. The molecule has 0 radical (unpaired) electrons. The van der Waals surface area contributed by atoms with Gasteiger partial charge in [-0.2, -0.15) is 0 Å². The smallest absolute Gasteiger partial charge is 0.273 e. The molecule has 2 aromatic rings. The molecule has 2 heterocycles. The molecule has 19 heavy (non-hydrogen) atoms. The third-order valence-electron chi connectivity index (χ3n) is 3.02. The van der Waals surface area contributed by atoms with E-state index in [1.807, 2.05) is 38.4 Å². The van der Waals surface area contributed by atoms with Gasteiger partial charge in [-0.15, -0.1) is 11.3 Å². The van der Waals surface area contributed by atoms with Crippen LogP contribution in [0.4, 0.5) is 0 Å². The highest BCUT2D eigenvalue weighted by atomic mass is 32.1. The van der Waals surface area contributed by atoms with E-state index in [1.54, 1.807) is 11.1 Å². The van der Waals surface area contributed by atoms with Gasteiger partial charge in [-0.05, 0) is 32.4 Å². The van der Waals surface area contributed by atoms with E-state index in [0.717, 1.165) is 16.1 Å². The summed E-state index contributed by atoms with van der Waals surface area (Å²) in [5.41, 5.74) is 2.64. The number of rotatable bonds is 4. The fourth-order valence-electron chi connectivity index (χ4n) is 1.88. The summed E-state index contributed by atoms with van der Waals surface area (Å²) in [6, 6.07) is 1.93. The van der Waals surface area contributed by atoms with Crippen LogP contribution in [0.15, 0.2) is 23.8 Å². The maximum Gasteiger partial charge on any atom is 0.273 e. The fourth-order valence-corrected chi connectivity index (χ4v) is 2.77. The molecule has 0 aliphatic rings. The second-order valence-corrected chi connectivity index (χ2v) is 5.06. The molecule has 0 saturated heterocycles. The minimum absolute atomic E-state index is 0.000732. The number of hydrogen-bond acceptors (Lipinski definition) is 4. The molecular formula is C14H17N3OS. The molecule has 5 heteroatoms. The maximum atomic E-state index is 12.2. The molecule has 0 N–H and O–H groups in total. The van der Waals surface area contributed by atoms with Gasteiger partial charge in [-0.1, -0.05) is 0 Å². The van der Waals surface area contributed by atoms with Gasteiger partial charge in [-0.25, -0.2) is 4.98 Å². The van der Waals surface area contributed by atoms with Crippen molar-refractivity contribution in [3.63, 3.8) is 0 Å². The molecule has 0 aliphatic carbocycles. The Morgan fingerprint density at radius 3 is 2.74 bits per heavy atom. The second kappa shape index (κ2) is 5.93. The van der Waals surface area contributed by atoms with Crippen LogP contribution in [0.5, 0.6) is 0 Å². The topological polar surface area (TPSA) is 46.1 Å². The Hall–Kier alpha value is -1.75. The third-order valence-corrected chi connectivity index (χ3v) is 3.90. The monoisotopic (exact) mass is 275 g/mol. The highest BCUT2D eigenvalue weighted by Gasteiger charge is 2.17. The first-order chi connectivity index (χ1) is 9.17. The van der Waals surface area contributed by atoms with E-state index in [4.69, 9.17) is 0 Å². The molecule has 0 spiro atoms. The molecule has 0 unspecified atom stereocenters. The van der Waals surface area contributed by atoms with Gasteiger partial charge in [0.15, 0.2) is 0 Å². The number of thiazole rings is 1. The van der Waals surface area contributed by atoms with Crippen molar-refractivity contribution in [2.45, 2.75) is 20.8 Å². The lowest BCUT2D eigenvalue weighted by Gasteiger charge is -2.16. The van der Waals surface area contributed by atoms with Crippen LogP contribution in [0.1, 0.15) is 29.9 Å². The molecule has 100 valence electrons. The zero-order valence-electron chi connectivity index (χ0n) is 11.4. The number of hydrogen-bond donors (Lipinski definition) is 0. The predicted octanol–water partition coefficient (Wildman–Crippen LogP) is 3.00. The van der Waals surface area contributed by atoms with Gasteiger partial charge in [0.25, 0.3) is 5.91 Å². The summed E-state index contributed by atoms with van der Waals surface area (Å²) >= 11 is 1.50. The van der Waals surface area contributed by atoms with Gasteiger partial charge in [-0.3, -0.25) is 9.78 Å². The minimum atomic E-state index is -0.000732. The number of carbonyl (C=O) groups is 1. The number of amides is 1. The van der Waals surface area contributed by atoms with Crippen molar-refractivity contribution in [3.05, 3.63) is 35.1 Å². The highest BCUT2D eigenvalue weighted by Crippen LogP contribution is 2.26. The third kappa shape index (κ3) is 2.81. The molecule has 2 aromatic heterocycles. The van der Waals surface area contributed by atoms with Crippen molar-refractivity contribution in [1.82, 2.24) is 14.9 Å². The molecule has 0 atom stereocenters. The van der Waals surface area contributed by atoms with Gasteiger partial charge >= 0.3 is 0 Å². The standard InChI is InChI=1S/C14H17N3OS/c1-4-17(5-2)14(18)12-9-19-13(16-12)11-6-7-15-8-10(11)3/h6-9H,4-5H2,1-3H3. The molecule has 2 rings (SSSR count). The maximum absolute atomic E-state index is 12.2. The van der Waals surface area contributed by atoms with E-state index in [0.29, 0.717) is 18.8 Å². The first-order valence-corrected chi connectivity index (χ1v) is 7.21. The van der Waals surface area contributed by atoms with Crippen molar-refractivity contribution < 1.29 is 4.79 Å². The van der Waals surface area contributed by atoms with Gasteiger partial charge < -0.3 is 4.90 Å². The summed E-state index contributed by atoms with van der Waals surface area (Å²) in [6.07, 6.45) is 3.55. The van der Waals surface area contributed by atoms with Crippen LogP contribution in [-0.4, -0.2) is 33.9 Å². The van der Waals surface area contributed by atoms with Gasteiger partial charge in [0, 0.05) is 36.4 Å². The largest absolute Gasteiger partial charge is 0.338 e. The Balaban J connectivity index is 2.29. The number of aryl methyl sites for hydroxylation is 1. The van der Waals surface area contributed by atoms with Crippen molar-refractivity contribution in [2.24, 2.45) is 0 Å². The van der Waals surface area contributed by atoms with Crippen molar-refractivity contribution in [3.8, 4) is 10.6 Å². The van der Waals surface area contributed by atoms with Crippen molar-refractivity contribution in [2.75, 3.05) is 13.1 Å². The molecule has 0 bridgehead atoms. The second-order valence-electron chi connectivity index (χ2n) is 4.21. The molecule has 0 fully saturated rings. The lowest BCUT2D eigenvalue weighted by atomic mass is 10.2. The quantitative estimate of drug-likeness (QED) is 0.861. The predicted molar refractivity (Wildman–Crippen MR) is 77.3 cm³/mol. The highest BCUT2D eigenvalue weighted by molar-refractivity contribution is 7.13. The van der Waals surface area contributed by atoms with Crippen LogP contribution in [0.2, 0.25) is 0 Å². The zero-order valence-corrected chi connectivity index (χ0v) is 12.2. The van der Waals surface area contributed by atoms with E-state index >= 15 is 0 Å². The van der Waals surface area contributed by atoms with Crippen LogP contribution in [0, 0.1) is 6.92 Å². The average Bonchev–Trinajstić information content (AvgIpc) is 2.90. The van der Waals surface area contributed by atoms with Crippen LogP contribution in [0.25, 0.3) is 10.6 Å². The Labute approximate surface area is 117 Å². The van der Waals surface area contributed by atoms with Crippen LogP contribution < -0.4 is 0 Å². The van der Waals surface area contributed by atoms with E-state index in [1.165, 1.54) is 11.3 Å². The van der Waals surface area contributed by atoms with Gasteiger partial charge in [0.05, 0.1) is 0 Å². The molecular weight excluding hydrogens is 258 g/mol. The summed E-state index contributed by atoms with van der Waals surface area (Å²) in [7, 11) is 0. The molecule has 0 saturated carbocycles. The van der Waals surface area contributed by atoms with Crippen LogP contribution >= 0.6 is 11.3 Å². The summed E-state index contributed by atoms with van der Waals surface area (Å²) in [5, 5.41) is 2.70. The Kier molecular flexibility index (Phi) is 4.27. The van der Waals surface area contributed by atoms with E-state index < -0.39 is 0 Å². The van der Waals surface area contributed by atoms with E-state index in [-0.39, 0.29) is 5.91 Å². The average molecular weight is 275 g/mol. The lowest BCUT2D eigenvalue weighted by Crippen LogP contribution is -2.30. The molecule has 4 nitrogen and oxygen atoms in total. The van der Waals surface area contributed by atoms with Crippen LogP contribution in [-0.2, 0) is 0 Å². The molecule has 1 amide bonds. The zero-order chi connectivity index (χ0) is 13.8. The molecule has 0 aromatic carbocycles. The SMILES string of the molecule is CCN(CC)C(=O)c1csc(-c2ccncc2C)n1. The first-order valence-electron chi connectivity index (χ1n) is 6.33. The van der Waals surface area contributed by atoms with Crippen LogP contribution in [0.3, 0.4) is 0 Å². The Bertz CT molecular complexity index is 576. The summed E-state index contributed by atoms with van der Waals surface area (Å²) in [4.78, 5) is 22.5. The number of nitrogens with zero attached hydrogens (tertiary/aromatic N) is 3. The number of pyridine rings is 1. The van der Waals surface area contributed by atoms with E-state index in [9.17, 15) is 4.79 Å². The Morgan fingerprint density at radius 1 is 1.37 bits per heavy atom. The first kappa shape index (κ1) is 13.7. The Morgan fingerprint density at radius 2 is 2.11 bits per heavy atom. The number of aromatic nitrogens is 2. The number of carbonyl (C=O) groups excluding carboxylic acids is 1. The minimum Gasteiger partial charge on any atom is -0.338 e. The lowest BCUT2D eigenvalue weighted by molar-refractivity contribution is 0.0768. The summed E-state index contributed by atoms with van der Waals surface area (Å²) < 4.78 is 0. The van der Waals surface area contributed by atoms with E-state index in [2.05, 4.69) is 9.97 Å². The summed E-state index contributed by atoms with van der Waals surface area (Å²) in [5.74, 6) is -0.000732. The fraction of sp³-hybridized carbons (Fsp3) is 0.357. The normalized spacial score (nSPS) is 10.5.